The van der Waals surface area contributed by atoms with Gasteiger partial charge in [0.15, 0.2) is 0 Å². The Morgan fingerprint density at radius 2 is 2.14 bits per heavy atom. The lowest BCUT2D eigenvalue weighted by molar-refractivity contribution is -0.120. The summed E-state index contributed by atoms with van der Waals surface area (Å²) in [6.07, 6.45) is 4.34. The van der Waals surface area contributed by atoms with Crippen molar-refractivity contribution in [2.24, 2.45) is 0 Å². The number of carbonyl (C=O) groups is 1. The highest BCUT2D eigenvalue weighted by Gasteiger charge is 2.17. The molecule has 1 aliphatic heterocycles. The van der Waals surface area contributed by atoms with Crippen LogP contribution in [0.25, 0.3) is 11.0 Å². The molecule has 1 unspecified atom stereocenters. The van der Waals surface area contributed by atoms with Crippen molar-refractivity contribution in [3.05, 3.63) is 35.1 Å². The lowest BCUT2D eigenvalue weighted by Gasteiger charge is -2.10. The van der Waals surface area contributed by atoms with Crippen LogP contribution in [0.1, 0.15) is 29.5 Å². The van der Waals surface area contributed by atoms with Gasteiger partial charge in [0.2, 0.25) is 5.91 Å². The molecule has 21 heavy (non-hydrogen) atoms. The maximum absolute atomic E-state index is 12.1. The third kappa shape index (κ3) is 3.10. The third-order valence-corrected chi connectivity index (χ3v) is 4.17. The number of fused-ring (bicyclic) bond motifs is 1. The highest BCUT2D eigenvalue weighted by molar-refractivity contribution is 5.88. The highest BCUT2D eigenvalue weighted by atomic mass is 16.5. The molecule has 0 bridgehead atoms. The first kappa shape index (κ1) is 14.1. The molecule has 1 aromatic carbocycles. The molecule has 0 saturated carbocycles. The van der Waals surface area contributed by atoms with Gasteiger partial charge in [-0.1, -0.05) is 0 Å². The standard InChI is InChI=1S/C17H21NO3/c1-11-6-15-13(10-21-16(15)7-12(11)2)8-17(19)18-9-14-4-3-5-20-14/h6-7,10,14H,3-5,8-9H2,1-2H3,(H,18,19). The van der Waals surface area contributed by atoms with Gasteiger partial charge in [-0.3, -0.25) is 4.79 Å². The molecular formula is C17H21NO3. The summed E-state index contributed by atoms with van der Waals surface area (Å²) in [5, 5.41) is 3.98. The molecule has 1 amide bonds. The number of ether oxygens (including phenoxy) is 1. The summed E-state index contributed by atoms with van der Waals surface area (Å²) in [6, 6.07) is 4.12. The number of hydrogen-bond donors (Lipinski definition) is 1. The number of rotatable bonds is 4. The number of aryl methyl sites for hydroxylation is 2. The van der Waals surface area contributed by atoms with Crippen LogP contribution in [0.5, 0.6) is 0 Å². The van der Waals surface area contributed by atoms with Crippen molar-refractivity contribution in [3.8, 4) is 0 Å². The Bertz CT molecular complexity index is 653. The highest BCUT2D eigenvalue weighted by Crippen LogP contribution is 2.25. The van der Waals surface area contributed by atoms with Gasteiger partial charge in [0.05, 0.1) is 18.8 Å². The summed E-state index contributed by atoms with van der Waals surface area (Å²) in [6.45, 7) is 5.55. The Labute approximate surface area is 124 Å². The SMILES string of the molecule is Cc1cc2occ(CC(=O)NCC3CCCO3)c2cc1C. The Morgan fingerprint density at radius 1 is 1.33 bits per heavy atom. The van der Waals surface area contributed by atoms with Crippen LogP contribution in [-0.4, -0.2) is 25.2 Å². The molecular weight excluding hydrogens is 266 g/mol. The molecule has 1 aromatic heterocycles. The smallest absolute Gasteiger partial charge is 0.224 e. The second kappa shape index (κ2) is 5.90. The lowest BCUT2D eigenvalue weighted by Crippen LogP contribution is -2.32. The first-order valence-corrected chi connectivity index (χ1v) is 7.49. The average molecular weight is 287 g/mol. The maximum atomic E-state index is 12.1. The molecule has 2 aromatic rings. The van der Waals surface area contributed by atoms with Gasteiger partial charge in [0.1, 0.15) is 5.58 Å². The van der Waals surface area contributed by atoms with Crippen molar-refractivity contribution in [1.82, 2.24) is 5.32 Å². The summed E-state index contributed by atoms with van der Waals surface area (Å²) >= 11 is 0. The fourth-order valence-corrected chi connectivity index (χ4v) is 2.74. The zero-order chi connectivity index (χ0) is 14.8. The van der Waals surface area contributed by atoms with E-state index in [1.807, 2.05) is 6.07 Å². The maximum Gasteiger partial charge on any atom is 0.224 e. The molecule has 1 N–H and O–H groups in total. The summed E-state index contributed by atoms with van der Waals surface area (Å²) in [5.41, 5.74) is 4.20. The number of hydrogen-bond acceptors (Lipinski definition) is 3. The summed E-state index contributed by atoms with van der Waals surface area (Å²) in [5.74, 6) is 0.0198. The van der Waals surface area contributed by atoms with Gasteiger partial charge in [-0.25, -0.2) is 0 Å². The van der Waals surface area contributed by atoms with E-state index in [0.29, 0.717) is 13.0 Å². The van der Waals surface area contributed by atoms with Crippen molar-refractivity contribution >= 4 is 16.9 Å². The number of benzene rings is 1. The van der Waals surface area contributed by atoms with Crippen molar-refractivity contribution in [1.29, 1.82) is 0 Å². The van der Waals surface area contributed by atoms with Crippen LogP contribution < -0.4 is 5.32 Å². The van der Waals surface area contributed by atoms with Crippen LogP contribution in [0, 0.1) is 13.8 Å². The van der Waals surface area contributed by atoms with Gasteiger partial charge < -0.3 is 14.5 Å². The Hall–Kier alpha value is -1.81. The van der Waals surface area contributed by atoms with E-state index >= 15 is 0 Å². The first-order valence-electron chi connectivity index (χ1n) is 7.49. The average Bonchev–Trinajstić information content (AvgIpc) is 3.09. The zero-order valence-electron chi connectivity index (χ0n) is 12.6. The fraction of sp³-hybridized carbons (Fsp3) is 0.471. The van der Waals surface area contributed by atoms with E-state index in [1.54, 1.807) is 6.26 Å². The Balaban J connectivity index is 1.66. The molecule has 1 aliphatic rings. The van der Waals surface area contributed by atoms with Gasteiger partial charge in [-0.05, 0) is 49.9 Å². The molecule has 1 saturated heterocycles. The summed E-state index contributed by atoms with van der Waals surface area (Å²) in [7, 11) is 0. The minimum atomic E-state index is 0.0198. The van der Waals surface area contributed by atoms with Crippen molar-refractivity contribution < 1.29 is 13.9 Å². The first-order chi connectivity index (χ1) is 10.1. The van der Waals surface area contributed by atoms with E-state index in [1.165, 1.54) is 11.1 Å². The van der Waals surface area contributed by atoms with Gasteiger partial charge in [-0.2, -0.15) is 0 Å². The molecule has 0 radical (unpaired) electrons. The molecule has 2 heterocycles. The monoisotopic (exact) mass is 287 g/mol. The summed E-state index contributed by atoms with van der Waals surface area (Å²) in [4.78, 5) is 12.1. The molecule has 1 atom stereocenters. The largest absolute Gasteiger partial charge is 0.464 e. The number of furan rings is 1. The molecule has 3 rings (SSSR count). The third-order valence-electron chi connectivity index (χ3n) is 4.17. The van der Waals surface area contributed by atoms with Crippen LogP contribution >= 0.6 is 0 Å². The van der Waals surface area contributed by atoms with Gasteiger partial charge in [0.25, 0.3) is 0 Å². The number of amides is 1. The Kier molecular flexibility index (Phi) is 3.97. The van der Waals surface area contributed by atoms with Crippen LogP contribution in [0.15, 0.2) is 22.8 Å². The number of nitrogens with one attached hydrogen (secondary N) is 1. The van der Waals surface area contributed by atoms with Crippen LogP contribution in [0.2, 0.25) is 0 Å². The van der Waals surface area contributed by atoms with E-state index < -0.39 is 0 Å². The Morgan fingerprint density at radius 3 is 2.90 bits per heavy atom. The minimum Gasteiger partial charge on any atom is -0.464 e. The predicted molar refractivity (Wildman–Crippen MR) is 81.4 cm³/mol. The van der Waals surface area contributed by atoms with E-state index in [9.17, 15) is 4.79 Å². The minimum absolute atomic E-state index is 0.0198. The molecule has 1 fully saturated rings. The van der Waals surface area contributed by atoms with E-state index in [4.69, 9.17) is 9.15 Å². The van der Waals surface area contributed by atoms with E-state index in [0.717, 1.165) is 36.0 Å². The zero-order valence-corrected chi connectivity index (χ0v) is 12.6. The summed E-state index contributed by atoms with van der Waals surface area (Å²) < 4.78 is 11.1. The second-order valence-electron chi connectivity index (χ2n) is 5.81. The quantitative estimate of drug-likeness (QED) is 0.940. The van der Waals surface area contributed by atoms with Crippen LogP contribution in [0.3, 0.4) is 0 Å². The van der Waals surface area contributed by atoms with E-state index in [2.05, 4.69) is 25.2 Å². The predicted octanol–water partition coefficient (Wildman–Crippen LogP) is 2.89. The van der Waals surface area contributed by atoms with Crippen molar-refractivity contribution in [2.45, 2.75) is 39.2 Å². The van der Waals surface area contributed by atoms with Crippen molar-refractivity contribution in [2.75, 3.05) is 13.2 Å². The van der Waals surface area contributed by atoms with E-state index in [-0.39, 0.29) is 12.0 Å². The second-order valence-corrected chi connectivity index (χ2v) is 5.81. The fourth-order valence-electron chi connectivity index (χ4n) is 2.74. The van der Waals surface area contributed by atoms with Crippen LogP contribution in [0.4, 0.5) is 0 Å². The van der Waals surface area contributed by atoms with Gasteiger partial charge in [-0.15, -0.1) is 0 Å². The normalized spacial score (nSPS) is 18.3. The molecule has 0 spiro atoms. The van der Waals surface area contributed by atoms with Crippen molar-refractivity contribution in [3.63, 3.8) is 0 Å². The van der Waals surface area contributed by atoms with Gasteiger partial charge in [0, 0.05) is 24.1 Å². The molecule has 112 valence electrons. The van der Waals surface area contributed by atoms with Crippen LogP contribution in [-0.2, 0) is 16.0 Å². The molecule has 4 nitrogen and oxygen atoms in total. The lowest BCUT2D eigenvalue weighted by atomic mass is 10.0. The number of carbonyl (C=O) groups excluding carboxylic acids is 1. The van der Waals surface area contributed by atoms with Gasteiger partial charge >= 0.3 is 0 Å². The topological polar surface area (TPSA) is 51.5 Å². The molecule has 0 aliphatic carbocycles. The molecule has 4 heteroatoms.